The number of nitrogens with zero attached hydrogens (tertiary/aromatic N) is 4. The highest BCUT2D eigenvalue weighted by atomic mass is 32.1. The molecule has 0 saturated carbocycles. The monoisotopic (exact) mass is 388 g/mol. The lowest BCUT2D eigenvalue weighted by atomic mass is 10.0. The van der Waals surface area contributed by atoms with E-state index in [0.717, 1.165) is 47.5 Å². The highest BCUT2D eigenvalue weighted by Gasteiger charge is 2.24. The van der Waals surface area contributed by atoms with Crippen molar-refractivity contribution in [2.75, 3.05) is 18.0 Å². The molecule has 0 spiro atoms. The number of thiophene rings is 1. The molecule has 4 heterocycles. The van der Waals surface area contributed by atoms with E-state index in [1.54, 1.807) is 23.7 Å². The van der Waals surface area contributed by atoms with Crippen LogP contribution in [0, 0.1) is 0 Å². The molecule has 0 aliphatic carbocycles. The zero-order chi connectivity index (χ0) is 18.9. The standard InChI is InChI=1S/C22H20N4OS/c27-17-8-11-26(12-9-17)21-19-18(15-5-2-1-3-6-15)14-28-22(19)25-20(24-21)16-7-4-10-23-13-16/h1-7,10,13-14,17,27H,8-9,11-12H2. The maximum absolute atomic E-state index is 9.95. The van der Waals surface area contributed by atoms with Crippen LogP contribution in [-0.4, -0.2) is 39.3 Å². The normalized spacial score (nSPS) is 15.2. The second kappa shape index (κ2) is 7.30. The van der Waals surface area contributed by atoms with Crippen LogP contribution >= 0.6 is 11.3 Å². The molecule has 4 aromatic rings. The van der Waals surface area contributed by atoms with Gasteiger partial charge in [-0.25, -0.2) is 9.97 Å². The van der Waals surface area contributed by atoms with Crippen LogP contribution in [0.4, 0.5) is 5.82 Å². The van der Waals surface area contributed by atoms with Gasteiger partial charge in [-0.1, -0.05) is 30.3 Å². The summed E-state index contributed by atoms with van der Waals surface area (Å²) >= 11 is 1.65. The summed E-state index contributed by atoms with van der Waals surface area (Å²) < 4.78 is 0. The van der Waals surface area contributed by atoms with Crippen molar-refractivity contribution >= 4 is 27.4 Å². The van der Waals surface area contributed by atoms with Crippen molar-refractivity contribution < 1.29 is 5.11 Å². The van der Waals surface area contributed by atoms with Gasteiger partial charge in [-0.2, -0.15) is 0 Å². The molecule has 5 rings (SSSR count). The van der Waals surface area contributed by atoms with E-state index in [-0.39, 0.29) is 6.10 Å². The van der Waals surface area contributed by atoms with E-state index in [1.807, 2.05) is 18.2 Å². The highest BCUT2D eigenvalue weighted by Crippen LogP contribution is 2.40. The van der Waals surface area contributed by atoms with E-state index < -0.39 is 0 Å². The van der Waals surface area contributed by atoms with Gasteiger partial charge in [0.1, 0.15) is 10.6 Å². The van der Waals surface area contributed by atoms with Crippen LogP contribution in [0.15, 0.2) is 60.2 Å². The summed E-state index contributed by atoms with van der Waals surface area (Å²) in [5.41, 5.74) is 3.25. The quantitative estimate of drug-likeness (QED) is 0.564. The fourth-order valence-electron chi connectivity index (χ4n) is 3.68. The predicted octanol–water partition coefficient (Wildman–Crippen LogP) is 4.38. The molecule has 1 aromatic carbocycles. The largest absolute Gasteiger partial charge is 0.393 e. The molecule has 1 aliphatic heterocycles. The molecule has 0 bridgehead atoms. The van der Waals surface area contributed by atoms with E-state index >= 15 is 0 Å². The lowest BCUT2D eigenvalue weighted by molar-refractivity contribution is 0.145. The third-order valence-electron chi connectivity index (χ3n) is 5.18. The molecule has 0 amide bonds. The van der Waals surface area contributed by atoms with Crippen LogP contribution < -0.4 is 4.90 Å². The molecular formula is C22H20N4OS. The Morgan fingerprint density at radius 2 is 1.75 bits per heavy atom. The van der Waals surface area contributed by atoms with Crippen molar-refractivity contribution in [1.82, 2.24) is 15.0 Å². The van der Waals surface area contributed by atoms with Crippen molar-refractivity contribution in [2.24, 2.45) is 0 Å². The minimum absolute atomic E-state index is 0.220. The van der Waals surface area contributed by atoms with E-state index in [2.05, 4.69) is 39.5 Å². The Morgan fingerprint density at radius 3 is 2.50 bits per heavy atom. The molecule has 1 fully saturated rings. The number of rotatable bonds is 3. The van der Waals surface area contributed by atoms with Crippen molar-refractivity contribution in [3.63, 3.8) is 0 Å². The molecule has 1 aliphatic rings. The number of aromatic nitrogens is 3. The fourth-order valence-corrected chi connectivity index (χ4v) is 4.63. The first-order chi connectivity index (χ1) is 13.8. The van der Waals surface area contributed by atoms with Gasteiger partial charge in [0.25, 0.3) is 0 Å². The summed E-state index contributed by atoms with van der Waals surface area (Å²) in [6.07, 6.45) is 4.86. The lowest BCUT2D eigenvalue weighted by Crippen LogP contribution is -2.36. The van der Waals surface area contributed by atoms with Gasteiger partial charge >= 0.3 is 0 Å². The molecule has 1 N–H and O–H groups in total. The summed E-state index contributed by atoms with van der Waals surface area (Å²) in [6, 6.07) is 14.3. The average molecular weight is 388 g/mol. The fraction of sp³-hybridized carbons (Fsp3) is 0.227. The van der Waals surface area contributed by atoms with Gasteiger partial charge in [0.05, 0.1) is 11.5 Å². The number of aliphatic hydroxyl groups excluding tert-OH is 1. The third-order valence-corrected chi connectivity index (χ3v) is 6.06. The molecule has 5 nitrogen and oxygen atoms in total. The Hall–Kier alpha value is -2.83. The van der Waals surface area contributed by atoms with Crippen LogP contribution in [0.5, 0.6) is 0 Å². The SMILES string of the molecule is OC1CCN(c2nc(-c3cccnc3)nc3scc(-c4ccccc4)c23)CC1. The van der Waals surface area contributed by atoms with E-state index in [0.29, 0.717) is 5.82 Å². The molecule has 1 saturated heterocycles. The Bertz CT molecular complexity index is 1090. The minimum atomic E-state index is -0.220. The Kier molecular flexibility index (Phi) is 4.50. The number of pyridine rings is 1. The highest BCUT2D eigenvalue weighted by molar-refractivity contribution is 7.17. The predicted molar refractivity (Wildman–Crippen MR) is 114 cm³/mol. The summed E-state index contributed by atoms with van der Waals surface area (Å²) in [5.74, 6) is 1.65. The van der Waals surface area contributed by atoms with Crippen molar-refractivity contribution in [2.45, 2.75) is 18.9 Å². The number of hydrogen-bond acceptors (Lipinski definition) is 6. The Labute approximate surface area is 167 Å². The zero-order valence-electron chi connectivity index (χ0n) is 15.3. The summed E-state index contributed by atoms with van der Waals surface area (Å²) in [4.78, 5) is 17.3. The number of benzene rings is 1. The maximum Gasteiger partial charge on any atom is 0.164 e. The zero-order valence-corrected chi connectivity index (χ0v) is 16.1. The van der Waals surface area contributed by atoms with Gasteiger partial charge in [-0.3, -0.25) is 4.98 Å². The van der Waals surface area contributed by atoms with Gasteiger partial charge in [-0.15, -0.1) is 11.3 Å². The van der Waals surface area contributed by atoms with Gasteiger partial charge in [0.15, 0.2) is 5.82 Å². The van der Waals surface area contributed by atoms with E-state index in [1.165, 1.54) is 11.1 Å². The number of hydrogen-bond donors (Lipinski definition) is 1. The minimum Gasteiger partial charge on any atom is -0.393 e. The molecule has 3 aromatic heterocycles. The van der Waals surface area contributed by atoms with Crippen molar-refractivity contribution in [3.05, 3.63) is 60.2 Å². The first kappa shape index (κ1) is 17.3. The molecule has 140 valence electrons. The smallest absolute Gasteiger partial charge is 0.164 e. The second-order valence-electron chi connectivity index (χ2n) is 7.03. The molecule has 0 radical (unpaired) electrons. The van der Waals surface area contributed by atoms with Crippen LogP contribution in [0.2, 0.25) is 0 Å². The number of fused-ring (bicyclic) bond motifs is 1. The summed E-state index contributed by atoms with van der Waals surface area (Å²) in [5, 5.41) is 13.2. The number of anilines is 1. The van der Waals surface area contributed by atoms with Crippen LogP contribution in [-0.2, 0) is 0 Å². The molecular weight excluding hydrogens is 368 g/mol. The maximum atomic E-state index is 9.95. The Morgan fingerprint density at radius 1 is 0.964 bits per heavy atom. The average Bonchev–Trinajstić information content (AvgIpc) is 3.19. The van der Waals surface area contributed by atoms with Gasteiger partial charge < -0.3 is 10.0 Å². The van der Waals surface area contributed by atoms with Gasteiger partial charge in [-0.05, 0) is 30.5 Å². The molecule has 28 heavy (non-hydrogen) atoms. The number of aliphatic hydroxyl groups is 1. The van der Waals surface area contributed by atoms with Crippen LogP contribution in [0.3, 0.4) is 0 Å². The second-order valence-corrected chi connectivity index (χ2v) is 7.88. The Balaban J connectivity index is 1.71. The van der Waals surface area contributed by atoms with E-state index in [9.17, 15) is 5.11 Å². The summed E-state index contributed by atoms with van der Waals surface area (Å²) in [6.45, 7) is 1.59. The van der Waals surface area contributed by atoms with Crippen LogP contribution in [0.1, 0.15) is 12.8 Å². The third kappa shape index (κ3) is 3.15. The first-order valence-electron chi connectivity index (χ1n) is 9.47. The van der Waals surface area contributed by atoms with Crippen LogP contribution in [0.25, 0.3) is 32.7 Å². The van der Waals surface area contributed by atoms with E-state index in [4.69, 9.17) is 9.97 Å². The van der Waals surface area contributed by atoms with Crippen molar-refractivity contribution in [3.8, 4) is 22.5 Å². The lowest BCUT2D eigenvalue weighted by Gasteiger charge is -2.31. The van der Waals surface area contributed by atoms with Gasteiger partial charge in [0.2, 0.25) is 0 Å². The molecule has 0 unspecified atom stereocenters. The number of piperidine rings is 1. The van der Waals surface area contributed by atoms with Crippen molar-refractivity contribution in [1.29, 1.82) is 0 Å². The topological polar surface area (TPSA) is 62.1 Å². The molecule has 6 heteroatoms. The van der Waals surface area contributed by atoms with Gasteiger partial charge in [0, 0.05) is 42.0 Å². The molecule has 0 atom stereocenters. The first-order valence-corrected chi connectivity index (χ1v) is 10.4. The summed E-state index contributed by atoms with van der Waals surface area (Å²) in [7, 11) is 0.